The van der Waals surface area contributed by atoms with E-state index in [9.17, 15) is 17.6 Å². The molecule has 9 heteroatoms. The van der Waals surface area contributed by atoms with E-state index in [2.05, 4.69) is 11.8 Å². The average molecular weight is 450 g/mol. The van der Waals surface area contributed by atoms with Crippen LogP contribution in [0.25, 0.3) is 0 Å². The van der Waals surface area contributed by atoms with Crippen LogP contribution in [0.15, 0.2) is 48.5 Å². The largest absolute Gasteiger partial charge is 0.484 e. The number of benzene rings is 2. The molecule has 1 amide bonds. The summed E-state index contributed by atoms with van der Waals surface area (Å²) in [6.07, 6.45) is 1.08. The monoisotopic (exact) mass is 449 g/mol. The van der Waals surface area contributed by atoms with Gasteiger partial charge in [0.15, 0.2) is 6.61 Å². The third kappa shape index (κ3) is 6.18. The number of amides is 1. The third-order valence-electron chi connectivity index (χ3n) is 5.33. The quantitative estimate of drug-likeness (QED) is 0.619. The van der Waals surface area contributed by atoms with E-state index in [1.807, 2.05) is 0 Å². The molecule has 3 rings (SSSR count). The molecule has 0 unspecified atom stereocenters. The average Bonchev–Trinajstić information content (AvgIpc) is 2.76. The van der Waals surface area contributed by atoms with Gasteiger partial charge in [-0.25, -0.2) is 12.8 Å². The lowest BCUT2D eigenvalue weighted by Crippen LogP contribution is -2.49. The molecule has 0 N–H and O–H groups in total. The fourth-order valence-electron chi connectivity index (χ4n) is 3.44. The SMILES string of the molecule is CCN1CCN(C(=O)COc2ccc(N(Cc3ccccc3F)S(C)(=O)=O)cc2)CC1. The smallest absolute Gasteiger partial charge is 0.260 e. The molecule has 2 aromatic carbocycles. The van der Waals surface area contributed by atoms with E-state index < -0.39 is 15.8 Å². The van der Waals surface area contributed by atoms with Crippen molar-refractivity contribution in [3.63, 3.8) is 0 Å². The van der Waals surface area contributed by atoms with E-state index in [0.717, 1.165) is 30.2 Å². The van der Waals surface area contributed by atoms with Crippen molar-refractivity contribution < 1.29 is 22.3 Å². The first-order valence-corrected chi connectivity index (χ1v) is 12.1. The molecule has 168 valence electrons. The lowest BCUT2D eigenvalue weighted by Gasteiger charge is -2.33. The maximum atomic E-state index is 14.0. The highest BCUT2D eigenvalue weighted by molar-refractivity contribution is 7.92. The van der Waals surface area contributed by atoms with Gasteiger partial charge in [-0.3, -0.25) is 9.10 Å². The summed E-state index contributed by atoms with van der Waals surface area (Å²) < 4.78 is 45.3. The van der Waals surface area contributed by atoms with Crippen LogP contribution in [-0.4, -0.2) is 69.7 Å². The number of hydrogen-bond donors (Lipinski definition) is 0. The van der Waals surface area contributed by atoms with Gasteiger partial charge in [-0.1, -0.05) is 25.1 Å². The molecule has 1 heterocycles. The van der Waals surface area contributed by atoms with Crippen molar-refractivity contribution in [2.24, 2.45) is 0 Å². The number of halogens is 1. The van der Waals surface area contributed by atoms with E-state index in [-0.39, 0.29) is 24.6 Å². The number of nitrogens with zero attached hydrogens (tertiary/aromatic N) is 3. The van der Waals surface area contributed by atoms with Gasteiger partial charge in [0.05, 0.1) is 18.5 Å². The fraction of sp³-hybridized carbons (Fsp3) is 0.409. The number of hydrogen-bond acceptors (Lipinski definition) is 5. The van der Waals surface area contributed by atoms with Gasteiger partial charge in [0.25, 0.3) is 5.91 Å². The van der Waals surface area contributed by atoms with Gasteiger partial charge >= 0.3 is 0 Å². The second-order valence-corrected chi connectivity index (χ2v) is 9.37. The van der Waals surface area contributed by atoms with Crippen LogP contribution in [-0.2, 0) is 21.4 Å². The minimum atomic E-state index is -3.63. The first-order valence-electron chi connectivity index (χ1n) is 10.2. The summed E-state index contributed by atoms with van der Waals surface area (Å²) in [5.74, 6) is -0.0739. The zero-order valence-electron chi connectivity index (χ0n) is 17.8. The highest BCUT2D eigenvalue weighted by Gasteiger charge is 2.21. The lowest BCUT2D eigenvalue weighted by atomic mass is 10.2. The summed E-state index contributed by atoms with van der Waals surface area (Å²) in [5.41, 5.74) is 0.669. The molecular formula is C22H28FN3O4S. The molecule has 1 aliphatic rings. The van der Waals surface area contributed by atoms with E-state index >= 15 is 0 Å². The number of likely N-dealkylation sites (N-methyl/N-ethyl adjacent to an activating group) is 1. The maximum Gasteiger partial charge on any atom is 0.260 e. The van der Waals surface area contributed by atoms with Crippen LogP contribution in [0.1, 0.15) is 12.5 Å². The predicted octanol–water partition coefficient (Wildman–Crippen LogP) is 2.33. The summed E-state index contributed by atoms with van der Waals surface area (Å²) in [6, 6.07) is 12.5. The Labute approximate surface area is 183 Å². The number of carbonyl (C=O) groups is 1. The van der Waals surface area contributed by atoms with Crippen molar-refractivity contribution in [2.75, 3.05) is 49.9 Å². The molecule has 0 radical (unpaired) electrons. The summed E-state index contributed by atoms with van der Waals surface area (Å²) in [7, 11) is -3.63. The number of carbonyl (C=O) groups excluding carboxylic acids is 1. The molecule has 1 aliphatic heterocycles. The van der Waals surface area contributed by atoms with Crippen molar-refractivity contribution in [1.82, 2.24) is 9.80 Å². The van der Waals surface area contributed by atoms with Crippen LogP contribution in [0.3, 0.4) is 0 Å². The Bertz CT molecular complexity index is 990. The summed E-state index contributed by atoms with van der Waals surface area (Å²) >= 11 is 0. The van der Waals surface area contributed by atoms with Crippen molar-refractivity contribution in [3.8, 4) is 5.75 Å². The maximum absolute atomic E-state index is 14.0. The molecule has 0 spiro atoms. The molecule has 1 saturated heterocycles. The lowest BCUT2D eigenvalue weighted by molar-refractivity contribution is -0.135. The molecular weight excluding hydrogens is 421 g/mol. The minimum Gasteiger partial charge on any atom is -0.484 e. The zero-order valence-corrected chi connectivity index (χ0v) is 18.6. The Kier molecular flexibility index (Phi) is 7.50. The minimum absolute atomic E-state index is 0.0721. The van der Waals surface area contributed by atoms with E-state index in [1.165, 1.54) is 6.07 Å². The van der Waals surface area contributed by atoms with Crippen LogP contribution in [0.4, 0.5) is 10.1 Å². The zero-order chi connectivity index (χ0) is 22.4. The van der Waals surface area contributed by atoms with Gasteiger partial charge in [0.1, 0.15) is 11.6 Å². The van der Waals surface area contributed by atoms with Crippen molar-refractivity contribution in [2.45, 2.75) is 13.5 Å². The Balaban J connectivity index is 1.62. The van der Waals surface area contributed by atoms with Crippen molar-refractivity contribution in [1.29, 1.82) is 0 Å². The van der Waals surface area contributed by atoms with Gasteiger partial charge in [0, 0.05) is 31.7 Å². The molecule has 0 saturated carbocycles. The van der Waals surface area contributed by atoms with E-state index in [0.29, 0.717) is 24.5 Å². The molecule has 0 bridgehead atoms. The summed E-state index contributed by atoms with van der Waals surface area (Å²) in [5, 5.41) is 0. The first-order chi connectivity index (χ1) is 14.8. The Hall–Kier alpha value is -2.65. The van der Waals surface area contributed by atoms with Crippen molar-refractivity contribution >= 4 is 21.6 Å². The van der Waals surface area contributed by atoms with E-state index in [1.54, 1.807) is 47.4 Å². The number of piperazine rings is 1. The van der Waals surface area contributed by atoms with Gasteiger partial charge in [-0.2, -0.15) is 0 Å². The summed E-state index contributed by atoms with van der Waals surface area (Å²) in [6.45, 7) is 5.99. The normalized spacial score (nSPS) is 15.0. The Morgan fingerprint density at radius 2 is 1.71 bits per heavy atom. The van der Waals surface area contributed by atoms with Gasteiger partial charge < -0.3 is 14.5 Å². The molecule has 7 nitrogen and oxygen atoms in total. The highest BCUT2D eigenvalue weighted by Crippen LogP contribution is 2.24. The highest BCUT2D eigenvalue weighted by atomic mass is 32.2. The number of ether oxygens (including phenoxy) is 1. The Morgan fingerprint density at radius 1 is 1.06 bits per heavy atom. The molecule has 2 aromatic rings. The second-order valence-electron chi connectivity index (χ2n) is 7.46. The van der Waals surface area contributed by atoms with Gasteiger partial charge in [0.2, 0.25) is 10.0 Å². The van der Waals surface area contributed by atoms with E-state index in [4.69, 9.17) is 4.74 Å². The first kappa shape index (κ1) is 23.0. The third-order valence-corrected chi connectivity index (χ3v) is 6.47. The van der Waals surface area contributed by atoms with Crippen LogP contribution in [0.5, 0.6) is 5.75 Å². The number of anilines is 1. The Morgan fingerprint density at radius 3 is 2.29 bits per heavy atom. The number of sulfonamides is 1. The van der Waals surface area contributed by atoms with Gasteiger partial charge in [-0.15, -0.1) is 0 Å². The molecule has 0 atom stereocenters. The molecule has 0 aliphatic carbocycles. The fourth-order valence-corrected chi connectivity index (χ4v) is 4.32. The van der Waals surface area contributed by atoms with Crippen LogP contribution in [0, 0.1) is 5.82 Å². The predicted molar refractivity (Wildman–Crippen MR) is 118 cm³/mol. The van der Waals surface area contributed by atoms with Gasteiger partial charge in [-0.05, 0) is 36.9 Å². The molecule has 31 heavy (non-hydrogen) atoms. The van der Waals surface area contributed by atoms with Crippen LogP contribution >= 0.6 is 0 Å². The molecule has 1 fully saturated rings. The summed E-state index contributed by atoms with van der Waals surface area (Å²) in [4.78, 5) is 16.4. The van der Waals surface area contributed by atoms with Crippen molar-refractivity contribution in [3.05, 3.63) is 59.9 Å². The second kappa shape index (κ2) is 10.1. The molecule has 0 aromatic heterocycles. The van der Waals surface area contributed by atoms with Crippen LogP contribution < -0.4 is 9.04 Å². The standard InChI is InChI=1S/C22H28FN3O4S/c1-3-24-12-14-25(15-13-24)22(27)17-30-20-10-8-19(9-11-20)26(31(2,28)29)16-18-6-4-5-7-21(18)23/h4-11H,3,12-17H2,1-2H3. The van der Waals surface area contributed by atoms with Crippen LogP contribution in [0.2, 0.25) is 0 Å². The topological polar surface area (TPSA) is 70.2 Å². The number of rotatable bonds is 8.